The van der Waals surface area contributed by atoms with E-state index in [1.54, 1.807) is 6.92 Å². The van der Waals surface area contributed by atoms with Crippen LogP contribution in [-0.2, 0) is 0 Å². The van der Waals surface area contributed by atoms with Crippen LogP contribution in [0.3, 0.4) is 0 Å². The highest BCUT2D eigenvalue weighted by Crippen LogP contribution is 2.16. The first-order valence-corrected chi connectivity index (χ1v) is 5.77. The Morgan fingerprint density at radius 3 is 2.76 bits per heavy atom. The number of carbonyl (C=O) groups excluding carboxylic acids is 1. The van der Waals surface area contributed by atoms with Crippen LogP contribution in [0.1, 0.15) is 17.3 Å². The number of amides is 1. The molecule has 0 aliphatic rings. The Bertz CT molecular complexity index is 453. The van der Waals surface area contributed by atoms with Crippen molar-refractivity contribution in [2.75, 3.05) is 13.1 Å². The normalized spacial score (nSPS) is 10.1. The maximum Gasteiger partial charge on any atom is 0.257 e. The molecule has 0 bridgehead atoms. The molecule has 0 aliphatic carbocycles. The van der Waals surface area contributed by atoms with E-state index in [2.05, 4.69) is 0 Å². The van der Waals surface area contributed by atoms with Crippen molar-refractivity contribution in [2.45, 2.75) is 6.92 Å². The lowest BCUT2D eigenvalue weighted by Gasteiger charge is -2.20. The number of nitrogens with zero attached hydrogens (tertiary/aromatic N) is 1. The lowest BCUT2D eigenvalue weighted by molar-refractivity contribution is 0.0783. The van der Waals surface area contributed by atoms with E-state index in [1.807, 2.05) is 0 Å². The number of carbonyl (C=O) groups is 1. The number of benzene rings is 1. The molecule has 1 aromatic carbocycles. The van der Waals surface area contributed by atoms with Gasteiger partial charge in [0.05, 0.1) is 17.1 Å². The average Bonchev–Trinajstić information content (AvgIpc) is 2.28. The van der Waals surface area contributed by atoms with Gasteiger partial charge in [0.15, 0.2) is 0 Å². The molecule has 6 heteroatoms. The summed E-state index contributed by atoms with van der Waals surface area (Å²) in [5.74, 6) is -1.08. The van der Waals surface area contributed by atoms with Gasteiger partial charge in [-0.2, -0.15) is 0 Å². The molecule has 2 N–H and O–H groups in total. The second-order valence-electron chi connectivity index (χ2n) is 3.41. The summed E-state index contributed by atoms with van der Waals surface area (Å²) in [6.45, 7) is 2.28. The number of halogens is 2. The Morgan fingerprint density at radius 2 is 2.24 bits per heavy atom. The van der Waals surface area contributed by atoms with Gasteiger partial charge in [0.25, 0.3) is 5.91 Å². The average molecular weight is 275 g/mol. The van der Waals surface area contributed by atoms with Crippen LogP contribution >= 0.6 is 23.8 Å². The number of nitrogens with two attached hydrogens (primary N) is 1. The van der Waals surface area contributed by atoms with Gasteiger partial charge in [0, 0.05) is 11.6 Å². The van der Waals surface area contributed by atoms with Crippen molar-refractivity contribution < 1.29 is 9.18 Å². The maximum absolute atomic E-state index is 13.5. The predicted octanol–water partition coefficient (Wildman–Crippen LogP) is 2.23. The van der Waals surface area contributed by atoms with Crippen LogP contribution in [0.25, 0.3) is 0 Å². The van der Waals surface area contributed by atoms with Gasteiger partial charge in [-0.1, -0.05) is 23.8 Å². The zero-order chi connectivity index (χ0) is 13.0. The van der Waals surface area contributed by atoms with Gasteiger partial charge in [-0.25, -0.2) is 4.39 Å². The lowest BCUT2D eigenvalue weighted by atomic mass is 10.2. The van der Waals surface area contributed by atoms with Gasteiger partial charge in [0.2, 0.25) is 0 Å². The van der Waals surface area contributed by atoms with Gasteiger partial charge in [-0.15, -0.1) is 0 Å². The molecule has 0 fully saturated rings. The highest BCUT2D eigenvalue weighted by atomic mass is 35.5. The van der Waals surface area contributed by atoms with Crippen LogP contribution in [0.15, 0.2) is 18.2 Å². The van der Waals surface area contributed by atoms with E-state index >= 15 is 0 Å². The van der Waals surface area contributed by atoms with Crippen molar-refractivity contribution in [3.05, 3.63) is 34.6 Å². The molecule has 0 radical (unpaired) electrons. The Balaban J connectivity index is 3.01. The molecule has 1 amide bonds. The van der Waals surface area contributed by atoms with E-state index in [9.17, 15) is 9.18 Å². The molecule has 0 atom stereocenters. The molecule has 0 spiro atoms. The molecule has 0 aliphatic heterocycles. The zero-order valence-corrected chi connectivity index (χ0v) is 10.8. The molecule has 1 rings (SSSR count). The fraction of sp³-hybridized carbons (Fsp3) is 0.273. The van der Waals surface area contributed by atoms with Gasteiger partial charge < -0.3 is 10.6 Å². The minimum absolute atomic E-state index is 0.0735. The van der Waals surface area contributed by atoms with Crippen molar-refractivity contribution in [3.8, 4) is 0 Å². The number of likely N-dealkylation sites (N-methyl/N-ethyl adjacent to an activating group) is 1. The molecule has 1 aromatic rings. The Labute approximate surface area is 109 Å². The first-order valence-electron chi connectivity index (χ1n) is 4.98. The Morgan fingerprint density at radius 1 is 1.59 bits per heavy atom. The highest BCUT2D eigenvalue weighted by Gasteiger charge is 2.18. The first kappa shape index (κ1) is 13.9. The quantitative estimate of drug-likeness (QED) is 0.857. The molecule has 0 unspecified atom stereocenters. The minimum atomic E-state index is -0.610. The second kappa shape index (κ2) is 5.93. The largest absolute Gasteiger partial charge is 0.392 e. The fourth-order valence-electron chi connectivity index (χ4n) is 1.35. The minimum Gasteiger partial charge on any atom is -0.392 e. The van der Waals surface area contributed by atoms with Crippen LogP contribution in [0.4, 0.5) is 4.39 Å². The summed E-state index contributed by atoms with van der Waals surface area (Å²) in [7, 11) is 0. The van der Waals surface area contributed by atoms with E-state index in [4.69, 9.17) is 29.6 Å². The summed E-state index contributed by atoms with van der Waals surface area (Å²) in [6, 6.07) is 3.84. The number of hydrogen-bond donors (Lipinski definition) is 1. The summed E-state index contributed by atoms with van der Waals surface area (Å²) >= 11 is 10.5. The second-order valence-corrected chi connectivity index (χ2v) is 4.37. The third kappa shape index (κ3) is 3.64. The van der Waals surface area contributed by atoms with E-state index in [0.717, 1.165) is 6.07 Å². The van der Waals surface area contributed by atoms with Crippen molar-refractivity contribution in [3.63, 3.8) is 0 Å². The van der Waals surface area contributed by atoms with Crippen LogP contribution in [0.5, 0.6) is 0 Å². The highest BCUT2D eigenvalue weighted by molar-refractivity contribution is 7.80. The van der Waals surface area contributed by atoms with E-state index in [0.29, 0.717) is 11.6 Å². The summed E-state index contributed by atoms with van der Waals surface area (Å²) in [4.78, 5) is 13.5. The SMILES string of the molecule is CCN(CC(N)=S)C(=O)c1cc(Cl)ccc1F. The van der Waals surface area contributed by atoms with Gasteiger partial charge in [-0.3, -0.25) is 4.79 Å². The summed E-state index contributed by atoms with van der Waals surface area (Å²) < 4.78 is 13.5. The van der Waals surface area contributed by atoms with Crippen molar-refractivity contribution >= 4 is 34.7 Å². The standard InChI is InChI=1S/C11H12ClFN2OS/c1-2-15(6-10(14)17)11(16)8-5-7(12)3-4-9(8)13/h3-5H,2,6H2,1H3,(H2,14,17). The molecule has 3 nitrogen and oxygen atoms in total. The van der Waals surface area contributed by atoms with Crippen molar-refractivity contribution in [1.82, 2.24) is 4.90 Å². The van der Waals surface area contributed by atoms with Gasteiger partial charge in [0.1, 0.15) is 5.82 Å². The number of rotatable bonds is 4. The van der Waals surface area contributed by atoms with Gasteiger partial charge in [-0.05, 0) is 25.1 Å². The van der Waals surface area contributed by atoms with E-state index in [-0.39, 0.29) is 17.1 Å². The van der Waals surface area contributed by atoms with Gasteiger partial charge >= 0.3 is 0 Å². The molecule has 0 saturated carbocycles. The monoisotopic (exact) mass is 274 g/mol. The summed E-state index contributed by atoms with van der Waals surface area (Å²) in [6.07, 6.45) is 0. The van der Waals surface area contributed by atoms with Crippen LogP contribution < -0.4 is 5.73 Å². The molecular formula is C11H12ClFN2OS. The molecular weight excluding hydrogens is 263 g/mol. The third-order valence-corrected chi connectivity index (χ3v) is 2.54. The van der Waals surface area contributed by atoms with E-state index < -0.39 is 11.7 Å². The summed E-state index contributed by atoms with van der Waals surface area (Å²) in [5.41, 5.74) is 5.30. The maximum atomic E-state index is 13.5. The molecule has 17 heavy (non-hydrogen) atoms. The molecule has 0 aromatic heterocycles. The fourth-order valence-corrected chi connectivity index (χ4v) is 1.67. The number of thiocarbonyl (C=S) groups is 1. The van der Waals surface area contributed by atoms with Crippen molar-refractivity contribution in [2.24, 2.45) is 5.73 Å². The molecule has 0 heterocycles. The third-order valence-electron chi connectivity index (χ3n) is 2.17. The van der Waals surface area contributed by atoms with Crippen molar-refractivity contribution in [1.29, 1.82) is 0 Å². The smallest absolute Gasteiger partial charge is 0.257 e. The Hall–Kier alpha value is -1.20. The molecule has 92 valence electrons. The van der Waals surface area contributed by atoms with Crippen LogP contribution in [0, 0.1) is 5.82 Å². The van der Waals surface area contributed by atoms with Crippen LogP contribution in [0.2, 0.25) is 5.02 Å². The first-order chi connectivity index (χ1) is 7.95. The Kier molecular flexibility index (Phi) is 4.84. The zero-order valence-electron chi connectivity index (χ0n) is 9.24. The van der Waals surface area contributed by atoms with E-state index in [1.165, 1.54) is 17.0 Å². The predicted molar refractivity (Wildman–Crippen MR) is 69.8 cm³/mol. The number of hydrogen-bond acceptors (Lipinski definition) is 2. The molecule has 0 saturated heterocycles. The topological polar surface area (TPSA) is 46.3 Å². The summed E-state index contributed by atoms with van der Waals surface area (Å²) in [5, 5.41) is 0.307. The van der Waals surface area contributed by atoms with Crippen LogP contribution in [-0.4, -0.2) is 28.9 Å². The lowest BCUT2D eigenvalue weighted by Crippen LogP contribution is -2.37.